The third-order valence-electron chi connectivity index (χ3n) is 3.52. The van der Waals surface area contributed by atoms with Gasteiger partial charge in [0.1, 0.15) is 5.75 Å². The lowest BCUT2D eigenvalue weighted by Crippen LogP contribution is -2.06. The Bertz CT molecular complexity index is 900. The molecule has 1 heterocycles. The van der Waals surface area contributed by atoms with Gasteiger partial charge in [-0.1, -0.05) is 30.0 Å². The topological polar surface area (TPSA) is 69.9 Å². The lowest BCUT2D eigenvalue weighted by molar-refractivity contribution is -0.0498. The molecule has 3 rings (SSSR count). The highest BCUT2D eigenvalue weighted by molar-refractivity contribution is 7.99. The van der Waals surface area contributed by atoms with E-state index >= 15 is 0 Å². The molecule has 0 atom stereocenters. The van der Waals surface area contributed by atoms with Gasteiger partial charge in [-0.15, -0.1) is 5.10 Å². The summed E-state index contributed by atoms with van der Waals surface area (Å²) in [7, 11) is 0. The number of thioether (sulfide) groups is 1. The van der Waals surface area contributed by atoms with Gasteiger partial charge in [-0.3, -0.25) is 4.79 Å². The first-order valence-corrected chi connectivity index (χ1v) is 8.58. The number of halogens is 2. The molecular weight excluding hydrogens is 362 g/mol. The van der Waals surface area contributed by atoms with E-state index in [4.69, 9.17) is 0 Å². The maximum Gasteiger partial charge on any atom is 0.387 e. The normalized spacial score (nSPS) is 10.9. The van der Waals surface area contributed by atoms with Gasteiger partial charge in [0.25, 0.3) is 0 Å². The van der Waals surface area contributed by atoms with E-state index in [9.17, 15) is 13.6 Å². The van der Waals surface area contributed by atoms with Crippen molar-refractivity contribution in [3.63, 3.8) is 0 Å². The Morgan fingerprint density at radius 1 is 1.19 bits per heavy atom. The minimum Gasteiger partial charge on any atom is -0.435 e. The van der Waals surface area contributed by atoms with E-state index in [0.29, 0.717) is 10.7 Å². The first-order valence-electron chi connectivity index (χ1n) is 7.60. The number of benzene rings is 2. The number of Topliss-reactive ketones (excluding diaryl/α,β-unsaturated/α-hetero) is 1. The van der Waals surface area contributed by atoms with Crippen LogP contribution in [0.5, 0.6) is 5.75 Å². The van der Waals surface area contributed by atoms with Crippen molar-refractivity contribution < 1.29 is 18.3 Å². The van der Waals surface area contributed by atoms with Crippen LogP contribution in [0.15, 0.2) is 53.7 Å². The lowest BCUT2D eigenvalue weighted by atomic mass is 10.1. The second-order valence-corrected chi connectivity index (χ2v) is 6.22. The van der Waals surface area contributed by atoms with Crippen LogP contribution < -0.4 is 4.74 Å². The Morgan fingerprint density at radius 2 is 1.92 bits per heavy atom. The number of aryl methyl sites for hydroxylation is 1. The Morgan fingerprint density at radius 3 is 2.62 bits per heavy atom. The maximum absolute atomic E-state index is 12.3. The summed E-state index contributed by atoms with van der Waals surface area (Å²) >= 11 is 1.20. The average molecular weight is 376 g/mol. The van der Waals surface area contributed by atoms with Crippen LogP contribution >= 0.6 is 11.8 Å². The van der Waals surface area contributed by atoms with Crippen LogP contribution in [0.3, 0.4) is 0 Å². The molecule has 0 radical (unpaired) electrons. The summed E-state index contributed by atoms with van der Waals surface area (Å²) < 4.78 is 30.1. The molecule has 26 heavy (non-hydrogen) atoms. The van der Waals surface area contributed by atoms with Crippen LogP contribution in [0, 0.1) is 6.92 Å². The minimum absolute atomic E-state index is 0.00713. The van der Waals surface area contributed by atoms with E-state index in [1.807, 2.05) is 31.2 Å². The molecule has 9 heteroatoms. The number of carbonyl (C=O) groups excluding carboxylic acids is 1. The SMILES string of the molecule is Cc1ccccc1-n1nnnc1SCC(=O)c1ccc(OC(F)F)cc1. The number of ether oxygens (including phenoxy) is 1. The smallest absolute Gasteiger partial charge is 0.387 e. The fourth-order valence-corrected chi connectivity index (χ4v) is 3.04. The summed E-state index contributed by atoms with van der Waals surface area (Å²) in [5.74, 6) is -0.0490. The quantitative estimate of drug-likeness (QED) is 0.464. The molecule has 1 aromatic heterocycles. The average Bonchev–Trinajstić information content (AvgIpc) is 3.08. The van der Waals surface area contributed by atoms with Crippen LogP contribution in [0.1, 0.15) is 15.9 Å². The number of nitrogens with zero attached hydrogens (tertiary/aromatic N) is 4. The molecule has 134 valence electrons. The number of aromatic nitrogens is 4. The molecule has 0 saturated carbocycles. The minimum atomic E-state index is -2.90. The number of alkyl halides is 2. The van der Waals surface area contributed by atoms with Gasteiger partial charge in [-0.25, -0.2) is 0 Å². The summed E-state index contributed by atoms with van der Waals surface area (Å²) in [6.07, 6.45) is 0. The molecule has 0 aliphatic heterocycles. The zero-order chi connectivity index (χ0) is 18.5. The van der Waals surface area contributed by atoms with E-state index in [-0.39, 0.29) is 17.3 Å². The van der Waals surface area contributed by atoms with Gasteiger partial charge < -0.3 is 4.74 Å². The number of tetrazole rings is 1. The maximum atomic E-state index is 12.3. The second kappa shape index (κ2) is 8.05. The molecule has 0 N–H and O–H groups in total. The molecule has 0 amide bonds. The molecule has 0 aliphatic carbocycles. The highest BCUT2D eigenvalue weighted by Crippen LogP contribution is 2.22. The molecule has 0 unspecified atom stereocenters. The van der Waals surface area contributed by atoms with Gasteiger partial charge >= 0.3 is 6.61 Å². The van der Waals surface area contributed by atoms with Gasteiger partial charge in [-0.05, 0) is 53.2 Å². The largest absolute Gasteiger partial charge is 0.435 e. The molecule has 3 aromatic rings. The number of carbonyl (C=O) groups is 1. The number of ketones is 1. The highest BCUT2D eigenvalue weighted by Gasteiger charge is 2.14. The van der Waals surface area contributed by atoms with Gasteiger partial charge in [0.15, 0.2) is 5.78 Å². The number of rotatable bonds is 7. The summed E-state index contributed by atoms with van der Waals surface area (Å²) in [4.78, 5) is 12.3. The summed E-state index contributed by atoms with van der Waals surface area (Å²) in [5, 5.41) is 12.1. The van der Waals surface area contributed by atoms with E-state index in [0.717, 1.165) is 11.3 Å². The molecule has 0 aliphatic rings. The first kappa shape index (κ1) is 18.0. The fraction of sp³-hybridized carbons (Fsp3) is 0.176. The zero-order valence-corrected chi connectivity index (χ0v) is 14.5. The van der Waals surface area contributed by atoms with Crippen molar-refractivity contribution >= 4 is 17.5 Å². The Labute approximate surface area is 152 Å². The number of para-hydroxylation sites is 1. The molecule has 0 bridgehead atoms. The molecule has 2 aromatic carbocycles. The Hall–Kier alpha value is -2.81. The summed E-state index contributed by atoms with van der Waals surface area (Å²) in [6.45, 7) is -0.952. The van der Waals surface area contributed by atoms with Crippen LogP contribution in [0.25, 0.3) is 5.69 Å². The summed E-state index contributed by atoms with van der Waals surface area (Å²) in [6, 6.07) is 13.2. The van der Waals surface area contributed by atoms with Gasteiger partial charge in [0.05, 0.1) is 11.4 Å². The fourth-order valence-electron chi connectivity index (χ4n) is 2.26. The van der Waals surface area contributed by atoms with E-state index < -0.39 is 6.61 Å². The van der Waals surface area contributed by atoms with Crippen LogP contribution in [-0.4, -0.2) is 38.4 Å². The predicted octanol–water partition coefficient (Wildman–Crippen LogP) is 3.55. The molecule has 6 nitrogen and oxygen atoms in total. The number of hydrogen-bond acceptors (Lipinski definition) is 6. The van der Waals surface area contributed by atoms with Crippen molar-refractivity contribution in [3.05, 3.63) is 59.7 Å². The lowest BCUT2D eigenvalue weighted by Gasteiger charge is -2.07. The van der Waals surface area contributed by atoms with Crippen LogP contribution in [-0.2, 0) is 0 Å². The first-order chi connectivity index (χ1) is 12.5. The third kappa shape index (κ3) is 4.23. The molecule has 0 spiro atoms. The Balaban J connectivity index is 1.67. The zero-order valence-electron chi connectivity index (χ0n) is 13.7. The van der Waals surface area contributed by atoms with Crippen molar-refractivity contribution in [1.29, 1.82) is 0 Å². The van der Waals surface area contributed by atoms with E-state index in [1.165, 1.54) is 36.0 Å². The van der Waals surface area contributed by atoms with Gasteiger partial charge in [-0.2, -0.15) is 13.5 Å². The van der Waals surface area contributed by atoms with Crippen LogP contribution in [0.2, 0.25) is 0 Å². The van der Waals surface area contributed by atoms with Crippen molar-refractivity contribution in [1.82, 2.24) is 20.2 Å². The molecular formula is C17H14F2N4O2S. The van der Waals surface area contributed by atoms with E-state index in [2.05, 4.69) is 20.3 Å². The van der Waals surface area contributed by atoms with Crippen molar-refractivity contribution in [2.75, 3.05) is 5.75 Å². The Kier molecular flexibility index (Phi) is 5.57. The highest BCUT2D eigenvalue weighted by atomic mass is 32.2. The standard InChI is InChI=1S/C17H14F2N4O2S/c1-11-4-2-3-5-14(11)23-17(20-21-22-23)26-10-15(24)12-6-8-13(9-7-12)25-16(18)19/h2-9,16H,10H2,1H3. The summed E-state index contributed by atoms with van der Waals surface area (Å²) in [5.41, 5.74) is 2.23. The predicted molar refractivity (Wildman–Crippen MR) is 92.0 cm³/mol. The van der Waals surface area contributed by atoms with Crippen molar-refractivity contribution in [3.8, 4) is 11.4 Å². The van der Waals surface area contributed by atoms with E-state index in [1.54, 1.807) is 4.68 Å². The van der Waals surface area contributed by atoms with Gasteiger partial charge in [0, 0.05) is 5.56 Å². The molecule has 0 saturated heterocycles. The monoisotopic (exact) mass is 376 g/mol. The van der Waals surface area contributed by atoms with Crippen LogP contribution in [0.4, 0.5) is 8.78 Å². The van der Waals surface area contributed by atoms with Crippen molar-refractivity contribution in [2.45, 2.75) is 18.7 Å². The second-order valence-electron chi connectivity index (χ2n) is 5.27. The number of hydrogen-bond donors (Lipinski definition) is 0. The molecule has 0 fully saturated rings. The van der Waals surface area contributed by atoms with Crippen molar-refractivity contribution in [2.24, 2.45) is 0 Å². The third-order valence-corrected chi connectivity index (χ3v) is 4.44. The van der Waals surface area contributed by atoms with Gasteiger partial charge in [0.2, 0.25) is 5.16 Å².